The van der Waals surface area contributed by atoms with Crippen molar-refractivity contribution >= 4 is 45.8 Å². The van der Waals surface area contributed by atoms with E-state index >= 15 is 0 Å². The minimum Gasteiger partial charge on any atom is -0.361 e. The van der Waals surface area contributed by atoms with Crippen molar-refractivity contribution in [1.29, 1.82) is 0 Å². The number of para-hydroxylation sites is 1. The third-order valence-corrected chi connectivity index (χ3v) is 5.37. The van der Waals surface area contributed by atoms with Crippen LogP contribution in [0, 0.1) is 0 Å². The van der Waals surface area contributed by atoms with Crippen molar-refractivity contribution in [2.45, 2.75) is 25.8 Å². The number of nitrogens with one attached hydrogen (secondary N) is 2. The Morgan fingerprint density at radius 1 is 1.10 bits per heavy atom. The first kappa shape index (κ1) is 19.6. The molecule has 7 heteroatoms. The zero-order valence-electron chi connectivity index (χ0n) is 15.7. The summed E-state index contributed by atoms with van der Waals surface area (Å²) in [5, 5.41) is 9.66. The van der Waals surface area contributed by atoms with Crippen LogP contribution in [0.2, 0.25) is 10.0 Å². The van der Waals surface area contributed by atoms with Crippen LogP contribution in [-0.4, -0.2) is 20.7 Å². The maximum atomic E-state index is 12.3. The van der Waals surface area contributed by atoms with E-state index in [1.54, 1.807) is 22.9 Å². The Bertz CT molecular complexity index is 1150. The highest BCUT2D eigenvalue weighted by atomic mass is 35.5. The molecule has 29 heavy (non-hydrogen) atoms. The van der Waals surface area contributed by atoms with E-state index in [9.17, 15) is 4.79 Å². The SMILES string of the molecule is O=C(CCCc1c[nH]c2ccccc12)Nc1ccn(Cc2ccc(Cl)cc2Cl)n1. The Hall–Kier alpha value is -2.76. The van der Waals surface area contributed by atoms with E-state index in [2.05, 4.69) is 27.5 Å². The molecule has 0 spiro atoms. The van der Waals surface area contributed by atoms with Gasteiger partial charge in [0.1, 0.15) is 0 Å². The van der Waals surface area contributed by atoms with Crippen LogP contribution in [0.1, 0.15) is 24.0 Å². The average molecular weight is 427 g/mol. The van der Waals surface area contributed by atoms with Gasteiger partial charge in [-0.15, -0.1) is 0 Å². The summed E-state index contributed by atoms with van der Waals surface area (Å²) in [6.07, 6.45) is 5.89. The normalized spacial score (nSPS) is 11.1. The molecule has 4 aromatic rings. The highest BCUT2D eigenvalue weighted by Crippen LogP contribution is 2.22. The molecule has 148 valence electrons. The molecule has 0 saturated heterocycles. The number of halogens is 2. The summed E-state index contributed by atoms with van der Waals surface area (Å²) in [7, 11) is 0. The largest absolute Gasteiger partial charge is 0.361 e. The fraction of sp³-hybridized carbons (Fsp3) is 0.182. The topological polar surface area (TPSA) is 62.7 Å². The monoisotopic (exact) mass is 426 g/mol. The van der Waals surface area contributed by atoms with Gasteiger partial charge in [-0.1, -0.05) is 47.5 Å². The predicted octanol–water partition coefficient (Wildman–Crippen LogP) is 5.68. The second-order valence-electron chi connectivity index (χ2n) is 6.90. The molecule has 0 fully saturated rings. The second-order valence-corrected chi connectivity index (χ2v) is 7.74. The van der Waals surface area contributed by atoms with E-state index in [4.69, 9.17) is 23.2 Å². The van der Waals surface area contributed by atoms with Gasteiger partial charge in [-0.3, -0.25) is 9.48 Å². The van der Waals surface area contributed by atoms with Crippen molar-refractivity contribution in [3.8, 4) is 0 Å². The van der Waals surface area contributed by atoms with Gasteiger partial charge in [-0.05, 0) is 42.2 Å². The van der Waals surface area contributed by atoms with Crippen LogP contribution < -0.4 is 5.32 Å². The number of aromatic nitrogens is 3. The molecule has 5 nitrogen and oxygen atoms in total. The van der Waals surface area contributed by atoms with Gasteiger partial charge in [-0.2, -0.15) is 5.10 Å². The maximum absolute atomic E-state index is 12.3. The van der Waals surface area contributed by atoms with Crippen molar-refractivity contribution in [3.63, 3.8) is 0 Å². The highest BCUT2D eigenvalue weighted by Gasteiger charge is 2.09. The summed E-state index contributed by atoms with van der Waals surface area (Å²) >= 11 is 12.1. The standard InChI is InChI=1S/C22H20Cl2N4O/c23-17-9-8-16(19(24)12-17)14-28-11-10-21(27-28)26-22(29)7-3-4-15-13-25-20-6-2-1-5-18(15)20/h1-2,5-6,8-13,25H,3-4,7,14H2,(H,26,27,29). The first-order valence-corrected chi connectivity index (χ1v) is 10.2. The van der Waals surface area contributed by atoms with Gasteiger partial charge in [0.25, 0.3) is 0 Å². The number of benzene rings is 2. The van der Waals surface area contributed by atoms with Crippen LogP contribution in [0.15, 0.2) is 60.9 Å². The fourth-order valence-electron chi connectivity index (χ4n) is 3.32. The third kappa shape index (κ3) is 4.81. The van der Waals surface area contributed by atoms with Gasteiger partial charge in [0.15, 0.2) is 5.82 Å². The van der Waals surface area contributed by atoms with Crippen molar-refractivity contribution in [2.24, 2.45) is 0 Å². The van der Waals surface area contributed by atoms with E-state index < -0.39 is 0 Å². The Morgan fingerprint density at radius 3 is 2.83 bits per heavy atom. The van der Waals surface area contributed by atoms with Crippen molar-refractivity contribution in [1.82, 2.24) is 14.8 Å². The third-order valence-electron chi connectivity index (χ3n) is 4.78. The number of amides is 1. The average Bonchev–Trinajstić information content (AvgIpc) is 3.31. The Kier molecular flexibility index (Phi) is 5.88. The van der Waals surface area contributed by atoms with Gasteiger partial charge in [-0.25, -0.2) is 0 Å². The molecule has 4 rings (SSSR count). The number of fused-ring (bicyclic) bond motifs is 1. The minimum atomic E-state index is -0.0420. The summed E-state index contributed by atoms with van der Waals surface area (Å²) < 4.78 is 1.73. The molecular weight excluding hydrogens is 407 g/mol. The predicted molar refractivity (Wildman–Crippen MR) is 118 cm³/mol. The zero-order chi connectivity index (χ0) is 20.2. The number of aromatic amines is 1. The molecule has 0 aliphatic heterocycles. The van der Waals surface area contributed by atoms with Crippen molar-refractivity contribution in [3.05, 3.63) is 82.1 Å². The van der Waals surface area contributed by atoms with Crippen LogP contribution in [0.5, 0.6) is 0 Å². The summed E-state index contributed by atoms with van der Waals surface area (Å²) in [5.41, 5.74) is 3.27. The lowest BCUT2D eigenvalue weighted by Crippen LogP contribution is -2.12. The molecule has 0 aliphatic carbocycles. The maximum Gasteiger partial charge on any atom is 0.225 e. The van der Waals surface area contributed by atoms with Gasteiger partial charge in [0.05, 0.1) is 6.54 Å². The summed E-state index contributed by atoms with van der Waals surface area (Å²) in [5.74, 6) is 0.492. The molecule has 0 radical (unpaired) electrons. The number of carbonyl (C=O) groups is 1. The molecule has 2 aromatic carbocycles. The smallest absolute Gasteiger partial charge is 0.225 e. The van der Waals surface area contributed by atoms with Crippen LogP contribution in [0.3, 0.4) is 0 Å². The summed E-state index contributed by atoms with van der Waals surface area (Å²) in [6, 6.07) is 15.3. The lowest BCUT2D eigenvalue weighted by atomic mass is 10.1. The molecule has 0 bridgehead atoms. The second kappa shape index (κ2) is 8.72. The zero-order valence-corrected chi connectivity index (χ0v) is 17.2. The van der Waals surface area contributed by atoms with E-state index in [1.165, 1.54) is 10.9 Å². The van der Waals surface area contributed by atoms with E-state index in [0.29, 0.717) is 28.8 Å². The van der Waals surface area contributed by atoms with Gasteiger partial charge in [0.2, 0.25) is 5.91 Å². The number of carbonyl (C=O) groups excluding carboxylic acids is 1. The molecule has 2 N–H and O–H groups in total. The lowest BCUT2D eigenvalue weighted by Gasteiger charge is -2.05. The van der Waals surface area contributed by atoms with Crippen molar-refractivity contribution in [2.75, 3.05) is 5.32 Å². The number of aryl methyl sites for hydroxylation is 1. The fourth-order valence-corrected chi connectivity index (χ4v) is 3.79. The van der Waals surface area contributed by atoms with Crippen molar-refractivity contribution < 1.29 is 4.79 Å². The molecule has 2 heterocycles. The minimum absolute atomic E-state index is 0.0420. The number of rotatable bonds is 7. The quantitative estimate of drug-likeness (QED) is 0.399. The Morgan fingerprint density at radius 2 is 1.97 bits per heavy atom. The van der Waals surface area contributed by atoms with Crippen LogP contribution in [0.4, 0.5) is 5.82 Å². The van der Waals surface area contributed by atoms with E-state index in [1.807, 2.05) is 30.6 Å². The Balaban J connectivity index is 1.29. The van der Waals surface area contributed by atoms with Crippen LogP contribution >= 0.6 is 23.2 Å². The highest BCUT2D eigenvalue weighted by molar-refractivity contribution is 6.35. The number of H-pyrrole nitrogens is 1. The number of hydrogen-bond acceptors (Lipinski definition) is 2. The molecule has 0 aliphatic rings. The summed E-state index contributed by atoms with van der Waals surface area (Å²) in [6.45, 7) is 0.506. The Labute approximate surface area is 178 Å². The van der Waals surface area contributed by atoms with Gasteiger partial charge in [0, 0.05) is 45.8 Å². The van der Waals surface area contributed by atoms with E-state index in [0.717, 1.165) is 23.9 Å². The molecule has 0 saturated carbocycles. The number of hydrogen-bond donors (Lipinski definition) is 2. The van der Waals surface area contributed by atoms with Crippen LogP contribution in [-0.2, 0) is 17.8 Å². The first-order chi connectivity index (χ1) is 14.1. The molecule has 2 aromatic heterocycles. The molecular formula is C22H20Cl2N4O. The first-order valence-electron chi connectivity index (χ1n) is 9.41. The van der Waals surface area contributed by atoms with E-state index in [-0.39, 0.29) is 5.91 Å². The lowest BCUT2D eigenvalue weighted by molar-refractivity contribution is -0.116. The molecule has 0 unspecified atom stereocenters. The van der Waals surface area contributed by atoms with Crippen LogP contribution in [0.25, 0.3) is 10.9 Å². The number of anilines is 1. The van der Waals surface area contributed by atoms with Gasteiger partial charge >= 0.3 is 0 Å². The molecule has 1 amide bonds. The number of nitrogens with zero attached hydrogens (tertiary/aromatic N) is 2. The van der Waals surface area contributed by atoms with Gasteiger partial charge < -0.3 is 10.3 Å². The summed E-state index contributed by atoms with van der Waals surface area (Å²) in [4.78, 5) is 15.5. The molecule has 0 atom stereocenters.